The summed E-state index contributed by atoms with van der Waals surface area (Å²) >= 11 is 6.04. The average molecular weight is 320 g/mol. The van der Waals surface area contributed by atoms with Gasteiger partial charge in [-0.15, -0.1) is 0 Å². The van der Waals surface area contributed by atoms with Gasteiger partial charge in [0.15, 0.2) is 0 Å². The summed E-state index contributed by atoms with van der Waals surface area (Å²) in [7, 11) is 4.29. The molecule has 5 heteroatoms. The first kappa shape index (κ1) is 15.5. The third-order valence-corrected chi connectivity index (χ3v) is 4.55. The number of rotatable bonds is 4. The molecule has 2 heterocycles. The van der Waals surface area contributed by atoms with Gasteiger partial charge < -0.3 is 9.32 Å². The average Bonchev–Trinajstić information content (AvgIpc) is 3.07. The number of oxazole rings is 1. The zero-order valence-electron chi connectivity index (χ0n) is 13.3. The van der Waals surface area contributed by atoms with Crippen LogP contribution in [0.3, 0.4) is 0 Å². The number of nitrogens with zero attached hydrogens (tertiary/aromatic N) is 3. The fourth-order valence-electron chi connectivity index (χ4n) is 2.91. The zero-order chi connectivity index (χ0) is 15.7. The second-order valence-corrected chi connectivity index (χ2v) is 6.61. The van der Waals surface area contributed by atoms with E-state index in [2.05, 4.69) is 28.9 Å². The minimum atomic E-state index is 0.639. The summed E-state index contributed by atoms with van der Waals surface area (Å²) < 4.78 is 5.83. The number of hydrogen-bond donors (Lipinski definition) is 0. The van der Waals surface area contributed by atoms with Crippen LogP contribution in [-0.4, -0.2) is 48.0 Å². The molecule has 1 aliphatic rings. The van der Waals surface area contributed by atoms with E-state index in [0.29, 0.717) is 17.0 Å². The maximum atomic E-state index is 6.04. The summed E-state index contributed by atoms with van der Waals surface area (Å²) in [5, 5.41) is 0.697. The fourth-order valence-corrected chi connectivity index (χ4v) is 3.10. The third kappa shape index (κ3) is 3.35. The number of aryl methyl sites for hydroxylation is 1. The number of benzene rings is 1. The molecule has 0 amide bonds. The summed E-state index contributed by atoms with van der Waals surface area (Å²) in [6, 6.07) is 8.26. The van der Waals surface area contributed by atoms with Gasteiger partial charge in [-0.1, -0.05) is 17.7 Å². The Labute approximate surface area is 136 Å². The van der Waals surface area contributed by atoms with Crippen LogP contribution < -0.4 is 0 Å². The molecule has 0 radical (unpaired) electrons. The first-order valence-corrected chi connectivity index (χ1v) is 8.02. The van der Waals surface area contributed by atoms with Crippen LogP contribution in [0.4, 0.5) is 0 Å². The minimum absolute atomic E-state index is 0.639. The van der Waals surface area contributed by atoms with E-state index < -0.39 is 0 Å². The van der Waals surface area contributed by atoms with Gasteiger partial charge in [0.05, 0.1) is 5.69 Å². The Balaban J connectivity index is 1.73. The Kier molecular flexibility index (Phi) is 4.52. The predicted octanol–water partition coefficient (Wildman–Crippen LogP) is 3.44. The number of likely N-dealkylation sites (N-methyl/N-ethyl adjacent to an activating group) is 1. The second kappa shape index (κ2) is 6.41. The molecule has 22 heavy (non-hydrogen) atoms. The zero-order valence-corrected chi connectivity index (χ0v) is 14.1. The molecule has 118 valence electrons. The van der Waals surface area contributed by atoms with Gasteiger partial charge in [-0.3, -0.25) is 4.90 Å². The molecule has 0 spiro atoms. The van der Waals surface area contributed by atoms with E-state index >= 15 is 0 Å². The molecule has 0 aliphatic carbocycles. The van der Waals surface area contributed by atoms with E-state index in [4.69, 9.17) is 16.0 Å². The minimum Gasteiger partial charge on any atom is -0.441 e. The normalized spacial score (nSPS) is 19.2. The van der Waals surface area contributed by atoms with Crippen LogP contribution in [0.25, 0.3) is 11.5 Å². The maximum Gasteiger partial charge on any atom is 0.226 e. The lowest BCUT2D eigenvalue weighted by Gasteiger charge is -2.19. The van der Waals surface area contributed by atoms with Gasteiger partial charge in [0.25, 0.3) is 0 Å². The SMILES string of the molecule is Cc1oc(-c2cccc(Cl)c2)nc1CN1CC[C@@H](N(C)C)C1. The van der Waals surface area contributed by atoms with Crippen LogP contribution in [0.15, 0.2) is 28.7 Å². The van der Waals surface area contributed by atoms with E-state index in [1.165, 1.54) is 6.42 Å². The van der Waals surface area contributed by atoms with Crippen molar-refractivity contribution in [2.45, 2.75) is 25.9 Å². The molecule has 0 saturated carbocycles. The molecule has 0 N–H and O–H groups in total. The number of halogens is 1. The highest BCUT2D eigenvalue weighted by Crippen LogP contribution is 2.25. The summed E-state index contributed by atoms with van der Waals surface area (Å²) in [4.78, 5) is 9.41. The smallest absolute Gasteiger partial charge is 0.226 e. The van der Waals surface area contributed by atoms with E-state index in [9.17, 15) is 0 Å². The van der Waals surface area contributed by atoms with Gasteiger partial charge in [0, 0.05) is 36.3 Å². The fraction of sp³-hybridized carbons (Fsp3) is 0.471. The summed E-state index contributed by atoms with van der Waals surface area (Å²) in [5.41, 5.74) is 1.95. The predicted molar refractivity (Wildman–Crippen MR) is 89.1 cm³/mol. The highest BCUT2D eigenvalue weighted by molar-refractivity contribution is 6.30. The molecule has 0 unspecified atom stereocenters. The Bertz CT molecular complexity index is 653. The largest absolute Gasteiger partial charge is 0.441 e. The summed E-state index contributed by atoms with van der Waals surface area (Å²) in [6.45, 7) is 5.03. The lowest BCUT2D eigenvalue weighted by atomic mass is 10.2. The number of likely N-dealkylation sites (tertiary alicyclic amines) is 1. The lowest BCUT2D eigenvalue weighted by Crippen LogP contribution is -2.31. The Morgan fingerprint density at radius 2 is 2.23 bits per heavy atom. The topological polar surface area (TPSA) is 32.5 Å². The molecule has 3 rings (SSSR count). The van der Waals surface area contributed by atoms with Crippen molar-refractivity contribution < 1.29 is 4.42 Å². The maximum absolute atomic E-state index is 6.04. The van der Waals surface area contributed by atoms with Gasteiger partial charge in [-0.25, -0.2) is 4.98 Å². The van der Waals surface area contributed by atoms with Crippen molar-refractivity contribution in [2.24, 2.45) is 0 Å². The molecule has 4 nitrogen and oxygen atoms in total. The molecule has 0 bridgehead atoms. The molecule has 1 fully saturated rings. The molecular formula is C17H22ClN3O. The molecule has 1 aromatic heterocycles. The second-order valence-electron chi connectivity index (χ2n) is 6.17. The molecule has 1 aliphatic heterocycles. The number of aromatic nitrogens is 1. The van der Waals surface area contributed by atoms with Crippen LogP contribution in [0.2, 0.25) is 5.02 Å². The Morgan fingerprint density at radius 3 is 2.91 bits per heavy atom. The monoisotopic (exact) mass is 319 g/mol. The van der Waals surface area contributed by atoms with Crippen LogP contribution in [0.1, 0.15) is 17.9 Å². The first-order chi connectivity index (χ1) is 10.5. The van der Waals surface area contributed by atoms with Gasteiger partial charge >= 0.3 is 0 Å². The van der Waals surface area contributed by atoms with E-state index in [-0.39, 0.29) is 0 Å². The van der Waals surface area contributed by atoms with Crippen molar-refractivity contribution in [2.75, 3.05) is 27.2 Å². The van der Waals surface area contributed by atoms with Crippen molar-refractivity contribution in [3.8, 4) is 11.5 Å². The number of hydrogen-bond acceptors (Lipinski definition) is 4. The lowest BCUT2D eigenvalue weighted by molar-refractivity contribution is 0.262. The van der Waals surface area contributed by atoms with E-state index in [1.54, 1.807) is 0 Å². The standard InChI is InChI=1S/C17H22ClN3O/c1-12-16(11-21-8-7-15(10-21)20(2)3)19-17(22-12)13-5-4-6-14(18)9-13/h4-6,9,15H,7-8,10-11H2,1-3H3/t15-/m1/s1. The molecule has 2 aromatic rings. The van der Waals surface area contributed by atoms with Crippen LogP contribution in [0, 0.1) is 6.92 Å². The van der Waals surface area contributed by atoms with Crippen LogP contribution in [-0.2, 0) is 6.54 Å². The van der Waals surface area contributed by atoms with Gasteiger partial charge in [-0.2, -0.15) is 0 Å². The van der Waals surface area contributed by atoms with Crippen LogP contribution >= 0.6 is 11.6 Å². The van der Waals surface area contributed by atoms with E-state index in [1.807, 2.05) is 31.2 Å². The van der Waals surface area contributed by atoms with Gasteiger partial charge in [-0.05, 0) is 45.6 Å². The molecular weight excluding hydrogens is 298 g/mol. The quantitative estimate of drug-likeness (QED) is 0.864. The van der Waals surface area contributed by atoms with Crippen molar-refractivity contribution in [3.63, 3.8) is 0 Å². The van der Waals surface area contributed by atoms with Gasteiger partial charge in [0.2, 0.25) is 5.89 Å². The van der Waals surface area contributed by atoms with Crippen molar-refractivity contribution >= 4 is 11.6 Å². The van der Waals surface area contributed by atoms with E-state index in [0.717, 1.165) is 36.7 Å². The third-order valence-electron chi connectivity index (χ3n) is 4.32. The van der Waals surface area contributed by atoms with Crippen molar-refractivity contribution in [1.82, 2.24) is 14.8 Å². The Morgan fingerprint density at radius 1 is 1.41 bits per heavy atom. The molecule has 1 aromatic carbocycles. The van der Waals surface area contributed by atoms with Crippen LogP contribution in [0.5, 0.6) is 0 Å². The highest BCUT2D eigenvalue weighted by Gasteiger charge is 2.25. The summed E-state index contributed by atoms with van der Waals surface area (Å²) in [6.07, 6.45) is 1.21. The highest BCUT2D eigenvalue weighted by atomic mass is 35.5. The van der Waals surface area contributed by atoms with Crippen molar-refractivity contribution in [3.05, 3.63) is 40.7 Å². The molecule has 1 saturated heterocycles. The van der Waals surface area contributed by atoms with Gasteiger partial charge in [0.1, 0.15) is 5.76 Å². The first-order valence-electron chi connectivity index (χ1n) is 7.64. The molecule has 1 atom stereocenters. The Hall–Kier alpha value is -1.36. The van der Waals surface area contributed by atoms with Crippen molar-refractivity contribution in [1.29, 1.82) is 0 Å². The summed E-state index contributed by atoms with van der Waals surface area (Å²) in [5.74, 6) is 1.54.